The molecule has 4 amide bonds. The fourth-order valence-electron chi connectivity index (χ4n) is 3.94. The SMILES string of the molecule is CC[C@H](C)[C@H](NC(=O)OCc1ccccc1)C(=O)N1CCN(C(=O)C(=O)N2CCOCC2)CC1. The maximum Gasteiger partial charge on any atom is 0.408 e. The monoisotopic (exact) mass is 474 g/mol. The molecule has 0 aromatic heterocycles. The molecule has 2 aliphatic rings. The minimum atomic E-state index is -0.731. The standard InChI is InChI=1S/C24H34N4O6/c1-3-18(2)20(25-24(32)34-17-19-7-5-4-6-8-19)21(29)26-9-11-27(12-10-26)22(30)23(31)28-13-15-33-16-14-28/h4-8,18,20H,3,9-17H2,1-2H3,(H,25,32)/t18-,20-/m0/s1. The summed E-state index contributed by atoms with van der Waals surface area (Å²) in [5.74, 6) is -1.38. The van der Waals surface area contributed by atoms with Crippen molar-refractivity contribution in [3.05, 3.63) is 35.9 Å². The lowest BCUT2D eigenvalue weighted by molar-refractivity contribution is -0.156. The van der Waals surface area contributed by atoms with Gasteiger partial charge in [0.25, 0.3) is 0 Å². The molecule has 0 unspecified atom stereocenters. The fourth-order valence-corrected chi connectivity index (χ4v) is 3.94. The smallest absolute Gasteiger partial charge is 0.408 e. The highest BCUT2D eigenvalue weighted by molar-refractivity contribution is 6.34. The Labute approximate surface area is 200 Å². The third-order valence-electron chi connectivity index (χ3n) is 6.32. The van der Waals surface area contributed by atoms with E-state index in [0.29, 0.717) is 45.8 Å². The summed E-state index contributed by atoms with van der Waals surface area (Å²) in [5, 5.41) is 2.72. The zero-order valence-corrected chi connectivity index (χ0v) is 19.9. The Balaban J connectivity index is 1.52. The molecule has 2 aliphatic heterocycles. The summed E-state index contributed by atoms with van der Waals surface area (Å²) in [4.78, 5) is 55.3. The van der Waals surface area contributed by atoms with Gasteiger partial charge in [-0.1, -0.05) is 50.6 Å². The van der Waals surface area contributed by atoms with Gasteiger partial charge in [-0.2, -0.15) is 0 Å². The van der Waals surface area contributed by atoms with Crippen LogP contribution in [0.1, 0.15) is 25.8 Å². The number of carbonyl (C=O) groups is 4. The molecule has 3 rings (SSSR count). The van der Waals surface area contributed by atoms with Gasteiger partial charge in [-0.05, 0) is 11.5 Å². The van der Waals surface area contributed by atoms with E-state index in [1.54, 1.807) is 4.90 Å². The molecule has 0 spiro atoms. The number of rotatable bonds is 6. The number of nitrogens with one attached hydrogen (secondary N) is 1. The number of amides is 4. The Hall–Kier alpha value is -3.14. The minimum absolute atomic E-state index is 0.0978. The number of carbonyl (C=O) groups excluding carboxylic acids is 4. The van der Waals surface area contributed by atoms with Gasteiger partial charge in [0.05, 0.1) is 13.2 Å². The van der Waals surface area contributed by atoms with Gasteiger partial charge in [0, 0.05) is 39.3 Å². The Kier molecular flexibility index (Phi) is 9.26. The number of piperazine rings is 1. The maximum atomic E-state index is 13.2. The molecule has 2 fully saturated rings. The molecule has 0 bridgehead atoms. The van der Waals surface area contributed by atoms with E-state index in [-0.39, 0.29) is 31.5 Å². The molecule has 2 atom stereocenters. The second kappa shape index (κ2) is 12.4. The summed E-state index contributed by atoms with van der Waals surface area (Å²) in [5.41, 5.74) is 0.858. The molecule has 0 aliphatic carbocycles. The zero-order valence-electron chi connectivity index (χ0n) is 19.9. The summed E-state index contributed by atoms with van der Waals surface area (Å²) in [7, 11) is 0. The number of ether oxygens (including phenoxy) is 2. The van der Waals surface area contributed by atoms with Crippen LogP contribution in [0.3, 0.4) is 0 Å². The first-order valence-electron chi connectivity index (χ1n) is 11.8. The van der Waals surface area contributed by atoms with Crippen molar-refractivity contribution < 1.29 is 28.7 Å². The van der Waals surface area contributed by atoms with Crippen molar-refractivity contribution in [1.82, 2.24) is 20.0 Å². The topological polar surface area (TPSA) is 108 Å². The van der Waals surface area contributed by atoms with Crippen molar-refractivity contribution in [2.24, 2.45) is 5.92 Å². The Morgan fingerprint density at radius 2 is 1.47 bits per heavy atom. The quantitative estimate of drug-likeness (QED) is 0.613. The average molecular weight is 475 g/mol. The number of morpholine rings is 1. The molecule has 186 valence electrons. The first-order chi connectivity index (χ1) is 16.4. The summed E-state index contributed by atoms with van der Waals surface area (Å²) in [6.45, 7) is 6.79. The molecule has 10 nitrogen and oxygen atoms in total. The van der Waals surface area contributed by atoms with Crippen LogP contribution in [0, 0.1) is 5.92 Å². The molecule has 1 aromatic rings. The van der Waals surface area contributed by atoms with E-state index in [4.69, 9.17) is 9.47 Å². The maximum absolute atomic E-state index is 13.2. The predicted octanol–water partition coefficient (Wildman–Crippen LogP) is 0.857. The lowest BCUT2D eigenvalue weighted by Crippen LogP contribution is -2.59. The summed E-state index contributed by atoms with van der Waals surface area (Å²) in [6, 6.07) is 8.59. The molecule has 0 radical (unpaired) electrons. The Morgan fingerprint density at radius 1 is 0.912 bits per heavy atom. The second-order valence-corrected chi connectivity index (χ2v) is 8.59. The van der Waals surface area contributed by atoms with Crippen LogP contribution in [0.25, 0.3) is 0 Å². The van der Waals surface area contributed by atoms with Gasteiger partial charge in [0.2, 0.25) is 5.91 Å². The van der Waals surface area contributed by atoms with Gasteiger partial charge in [-0.25, -0.2) is 4.79 Å². The van der Waals surface area contributed by atoms with Gasteiger partial charge >= 0.3 is 17.9 Å². The van der Waals surface area contributed by atoms with Crippen molar-refractivity contribution in [1.29, 1.82) is 0 Å². The van der Waals surface area contributed by atoms with Gasteiger partial charge in [-0.15, -0.1) is 0 Å². The number of nitrogens with zero attached hydrogens (tertiary/aromatic N) is 3. The lowest BCUT2D eigenvalue weighted by Gasteiger charge is -2.38. The van der Waals surface area contributed by atoms with E-state index in [2.05, 4.69) is 5.32 Å². The van der Waals surface area contributed by atoms with Gasteiger partial charge in [0.1, 0.15) is 12.6 Å². The van der Waals surface area contributed by atoms with Crippen LogP contribution in [-0.2, 0) is 30.5 Å². The highest BCUT2D eigenvalue weighted by Gasteiger charge is 2.35. The molecule has 2 saturated heterocycles. The molecule has 10 heteroatoms. The molecule has 1 N–H and O–H groups in total. The summed E-state index contributed by atoms with van der Waals surface area (Å²) < 4.78 is 10.5. The molecule has 34 heavy (non-hydrogen) atoms. The number of alkyl carbamates (subject to hydrolysis) is 1. The Morgan fingerprint density at radius 3 is 2.06 bits per heavy atom. The van der Waals surface area contributed by atoms with Gasteiger partial charge in [0.15, 0.2) is 0 Å². The number of benzene rings is 1. The van der Waals surface area contributed by atoms with E-state index in [9.17, 15) is 19.2 Å². The van der Waals surface area contributed by atoms with Crippen LogP contribution < -0.4 is 5.32 Å². The van der Waals surface area contributed by atoms with Crippen LogP contribution in [0.5, 0.6) is 0 Å². The van der Waals surface area contributed by atoms with E-state index in [1.165, 1.54) is 9.80 Å². The normalized spacial score (nSPS) is 18.1. The highest BCUT2D eigenvalue weighted by atomic mass is 16.5. The van der Waals surface area contributed by atoms with E-state index in [1.807, 2.05) is 44.2 Å². The predicted molar refractivity (Wildman–Crippen MR) is 124 cm³/mol. The lowest BCUT2D eigenvalue weighted by atomic mass is 9.97. The van der Waals surface area contributed by atoms with Gasteiger partial charge in [-0.3, -0.25) is 14.4 Å². The molecule has 2 heterocycles. The zero-order chi connectivity index (χ0) is 24.5. The van der Waals surface area contributed by atoms with E-state index < -0.39 is 23.9 Å². The largest absolute Gasteiger partial charge is 0.445 e. The molecule has 1 aromatic carbocycles. The van der Waals surface area contributed by atoms with Crippen molar-refractivity contribution in [3.63, 3.8) is 0 Å². The first kappa shape index (κ1) is 25.5. The number of hydrogen-bond acceptors (Lipinski definition) is 6. The third-order valence-corrected chi connectivity index (χ3v) is 6.32. The molecule has 0 saturated carbocycles. The summed E-state index contributed by atoms with van der Waals surface area (Å²) in [6.07, 6.45) is 0.0504. The minimum Gasteiger partial charge on any atom is -0.445 e. The molecular weight excluding hydrogens is 440 g/mol. The van der Waals surface area contributed by atoms with Gasteiger partial charge < -0.3 is 29.5 Å². The number of hydrogen-bond donors (Lipinski definition) is 1. The van der Waals surface area contributed by atoms with Crippen LogP contribution >= 0.6 is 0 Å². The van der Waals surface area contributed by atoms with Crippen molar-refractivity contribution in [2.75, 3.05) is 52.5 Å². The van der Waals surface area contributed by atoms with Crippen LogP contribution in [0.15, 0.2) is 30.3 Å². The second-order valence-electron chi connectivity index (χ2n) is 8.59. The van der Waals surface area contributed by atoms with Crippen LogP contribution in [0.2, 0.25) is 0 Å². The van der Waals surface area contributed by atoms with Crippen molar-refractivity contribution in [2.45, 2.75) is 32.9 Å². The average Bonchev–Trinajstić information content (AvgIpc) is 2.90. The van der Waals surface area contributed by atoms with Crippen molar-refractivity contribution in [3.8, 4) is 0 Å². The molecular formula is C24H34N4O6. The first-order valence-corrected chi connectivity index (χ1v) is 11.8. The van der Waals surface area contributed by atoms with Crippen molar-refractivity contribution >= 4 is 23.8 Å². The van der Waals surface area contributed by atoms with E-state index in [0.717, 1.165) is 5.56 Å². The van der Waals surface area contributed by atoms with E-state index >= 15 is 0 Å². The van der Waals surface area contributed by atoms with Crippen LogP contribution in [0.4, 0.5) is 4.79 Å². The highest BCUT2D eigenvalue weighted by Crippen LogP contribution is 2.14. The Bertz CT molecular complexity index is 850. The fraction of sp³-hybridized carbons (Fsp3) is 0.583. The third kappa shape index (κ3) is 6.69. The van der Waals surface area contributed by atoms with Crippen LogP contribution in [-0.4, -0.2) is 97.0 Å². The summed E-state index contributed by atoms with van der Waals surface area (Å²) >= 11 is 0.